The Morgan fingerprint density at radius 1 is 1.27 bits per heavy atom. The second-order valence-electron chi connectivity index (χ2n) is 4.16. The standard InChI is InChI=1S/C9H12O2/c10-9-7-3-5-1-2-6(7)8(4-5)11-9/h5-8H,1-4H2/t5-,6+,7+,8+/m1/s1. The molecule has 0 spiro atoms. The number of carbonyl (C=O) groups is 1. The van der Waals surface area contributed by atoms with Crippen LogP contribution in [0.15, 0.2) is 0 Å². The van der Waals surface area contributed by atoms with Gasteiger partial charge < -0.3 is 4.74 Å². The lowest BCUT2D eigenvalue weighted by molar-refractivity contribution is -0.143. The summed E-state index contributed by atoms with van der Waals surface area (Å²) < 4.78 is 5.28. The van der Waals surface area contributed by atoms with Crippen LogP contribution in [0.3, 0.4) is 0 Å². The van der Waals surface area contributed by atoms with E-state index in [0.717, 1.165) is 18.8 Å². The monoisotopic (exact) mass is 152 g/mol. The van der Waals surface area contributed by atoms with Crippen molar-refractivity contribution in [3.05, 3.63) is 0 Å². The van der Waals surface area contributed by atoms with Gasteiger partial charge in [-0.05, 0) is 31.6 Å². The molecule has 0 unspecified atom stereocenters. The fraction of sp³-hybridized carbons (Fsp3) is 0.889. The summed E-state index contributed by atoms with van der Waals surface area (Å²) in [7, 11) is 0. The molecule has 1 heterocycles. The van der Waals surface area contributed by atoms with Crippen molar-refractivity contribution in [2.45, 2.75) is 31.8 Å². The minimum atomic E-state index is 0.0993. The molecule has 0 aromatic rings. The van der Waals surface area contributed by atoms with Gasteiger partial charge in [0.2, 0.25) is 0 Å². The van der Waals surface area contributed by atoms with Crippen LogP contribution in [0.1, 0.15) is 25.7 Å². The molecule has 4 aliphatic rings. The van der Waals surface area contributed by atoms with E-state index in [0.29, 0.717) is 17.9 Å². The molecular weight excluding hydrogens is 140 g/mol. The lowest BCUT2D eigenvalue weighted by Crippen LogP contribution is -2.36. The minimum Gasteiger partial charge on any atom is -0.462 e. The van der Waals surface area contributed by atoms with Gasteiger partial charge in [0.05, 0.1) is 5.92 Å². The second-order valence-corrected chi connectivity index (χ2v) is 4.16. The molecule has 2 nitrogen and oxygen atoms in total. The topological polar surface area (TPSA) is 26.3 Å². The Bertz CT molecular complexity index is 212. The van der Waals surface area contributed by atoms with Crippen molar-refractivity contribution < 1.29 is 9.53 Å². The normalized spacial score (nSPS) is 52.9. The maximum Gasteiger partial charge on any atom is 0.309 e. The van der Waals surface area contributed by atoms with Crippen LogP contribution in [0, 0.1) is 17.8 Å². The number of esters is 1. The third-order valence-corrected chi connectivity index (χ3v) is 3.63. The predicted octanol–water partition coefficient (Wildman–Crippen LogP) is 1.35. The van der Waals surface area contributed by atoms with Gasteiger partial charge in [-0.2, -0.15) is 0 Å². The molecule has 4 rings (SSSR count). The first-order chi connectivity index (χ1) is 5.34. The largest absolute Gasteiger partial charge is 0.462 e. The van der Waals surface area contributed by atoms with Gasteiger partial charge in [0.15, 0.2) is 0 Å². The van der Waals surface area contributed by atoms with Gasteiger partial charge in [-0.25, -0.2) is 0 Å². The predicted molar refractivity (Wildman–Crippen MR) is 38.8 cm³/mol. The number of carbonyl (C=O) groups excluding carboxylic acids is 1. The number of fused-ring (bicyclic) bond motifs is 1. The Morgan fingerprint density at radius 2 is 2.18 bits per heavy atom. The van der Waals surface area contributed by atoms with Crippen LogP contribution in [-0.2, 0) is 9.53 Å². The van der Waals surface area contributed by atoms with E-state index in [1.807, 2.05) is 0 Å². The third kappa shape index (κ3) is 0.652. The number of hydrogen-bond acceptors (Lipinski definition) is 2. The van der Waals surface area contributed by atoms with Crippen LogP contribution in [0.5, 0.6) is 0 Å². The van der Waals surface area contributed by atoms with E-state index in [4.69, 9.17) is 4.74 Å². The van der Waals surface area contributed by atoms with Crippen LogP contribution >= 0.6 is 0 Å². The van der Waals surface area contributed by atoms with E-state index < -0.39 is 0 Å². The van der Waals surface area contributed by atoms with Gasteiger partial charge in [-0.1, -0.05) is 0 Å². The van der Waals surface area contributed by atoms with Crippen molar-refractivity contribution in [3.63, 3.8) is 0 Å². The minimum absolute atomic E-state index is 0.0993. The molecule has 1 aliphatic heterocycles. The van der Waals surface area contributed by atoms with Crippen molar-refractivity contribution in [2.75, 3.05) is 0 Å². The first-order valence-corrected chi connectivity index (χ1v) is 4.55. The van der Waals surface area contributed by atoms with E-state index in [2.05, 4.69) is 0 Å². The molecular formula is C9H12O2. The van der Waals surface area contributed by atoms with Gasteiger partial charge in [-0.3, -0.25) is 4.79 Å². The van der Waals surface area contributed by atoms with Crippen LogP contribution < -0.4 is 0 Å². The van der Waals surface area contributed by atoms with Crippen LogP contribution in [-0.4, -0.2) is 12.1 Å². The first-order valence-electron chi connectivity index (χ1n) is 4.55. The molecule has 3 aliphatic carbocycles. The SMILES string of the molecule is O=C1O[C@H]2C[C@@H]3CC[C@H]2[C@@H]1C3. The molecule has 0 radical (unpaired) electrons. The van der Waals surface area contributed by atoms with E-state index in [1.165, 1.54) is 12.8 Å². The Hall–Kier alpha value is -0.530. The summed E-state index contributed by atoms with van der Waals surface area (Å²) in [6.07, 6.45) is 5.19. The Balaban J connectivity index is 1.99. The van der Waals surface area contributed by atoms with E-state index in [-0.39, 0.29) is 5.97 Å². The molecule has 2 heteroatoms. The van der Waals surface area contributed by atoms with E-state index in [1.54, 1.807) is 0 Å². The summed E-state index contributed by atoms with van der Waals surface area (Å²) in [5.41, 5.74) is 0. The highest BCUT2D eigenvalue weighted by atomic mass is 16.6. The smallest absolute Gasteiger partial charge is 0.309 e. The zero-order chi connectivity index (χ0) is 7.42. The van der Waals surface area contributed by atoms with Crippen molar-refractivity contribution in [1.82, 2.24) is 0 Å². The highest BCUT2D eigenvalue weighted by Gasteiger charge is 2.52. The Labute approximate surface area is 65.9 Å². The quantitative estimate of drug-likeness (QED) is 0.490. The molecule has 11 heavy (non-hydrogen) atoms. The Kier molecular flexibility index (Phi) is 0.984. The molecule has 1 saturated heterocycles. The van der Waals surface area contributed by atoms with Gasteiger partial charge in [0.25, 0.3) is 0 Å². The van der Waals surface area contributed by atoms with E-state index >= 15 is 0 Å². The van der Waals surface area contributed by atoms with Crippen LogP contribution in [0.4, 0.5) is 0 Å². The maximum atomic E-state index is 11.2. The van der Waals surface area contributed by atoms with E-state index in [9.17, 15) is 4.79 Å². The van der Waals surface area contributed by atoms with Gasteiger partial charge in [-0.15, -0.1) is 0 Å². The molecule has 4 bridgehead atoms. The number of rotatable bonds is 0. The zero-order valence-corrected chi connectivity index (χ0v) is 6.45. The highest BCUT2D eigenvalue weighted by molar-refractivity contribution is 5.75. The Morgan fingerprint density at radius 3 is 2.82 bits per heavy atom. The maximum absolute atomic E-state index is 11.2. The number of ether oxygens (including phenoxy) is 1. The molecule has 0 amide bonds. The highest BCUT2D eigenvalue weighted by Crippen LogP contribution is 2.50. The molecule has 60 valence electrons. The van der Waals surface area contributed by atoms with Crippen molar-refractivity contribution in [2.24, 2.45) is 17.8 Å². The van der Waals surface area contributed by atoms with Crippen LogP contribution in [0.25, 0.3) is 0 Å². The summed E-state index contributed by atoms with van der Waals surface area (Å²) in [4.78, 5) is 11.2. The summed E-state index contributed by atoms with van der Waals surface area (Å²) in [6.45, 7) is 0. The van der Waals surface area contributed by atoms with Crippen molar-refractivity contribution in [1.29, 1.82) is 0 Å². The zero-order valence-electron chi connectivity index (χ0n) is 6.45. The fourth-order valence-electron chi connectivity index (χ4n) is 3.09. The summed E-state index contributed by atoms with van der Waals surface area (Å²) in [6, 6.07) is 0. The molecule has 0 aromatic heterocycles. The summed E-state index contributed by atoms with van der Waals surface area (Å²) in [5.74, 6) is 1.81. The molecule has 4 fully saturated rings. The van der Waals surface area contributed by atoms with Gasteiger partial charge in [0, 0.05) is 5.92 Å². The third-order valence-electron chi connectivity index (χ3n) is 3.63. The lowest BCUT2D eigenvalue weighted by atomic mass is 9.65. The molecule has 0 N–H and O–H groups in total. The second kappa shape index (κ2) is 1.79. The summed E-state index contributed by atoms with van der Waals surface area (Å²) >= 11 is 0. The molecule has 4 atom stereocenters. The van der Waals surface area contributed by atoms with Gasteiger partial charge >= 0.3 is 5.97 Å². The average Bonchev–Trinajstić information content (AvgIpc) is 2.25. The average molecular weight is 152 g/mol. The number of hydrogen-bond donors (Lipinski definition) is 0. The van der Waals surface area contributed by atoms with Crippen molar-refractivity contribution >= 4 is 5.97 Å². The molecule has 3 saturated carbocycles. The fourth-order valence-corrected chi connectivity index (χ4v) is 3.09. The van der Waals surface area contributed by atoms with Gasteiger partial charge in [0.1, 0.15) is 6.10 Å². The molecule has 0 aromatic carbocycles. The van der Waals surface area contributed by atoms with Crippen LogP contribution in [0.2, 0.25) is 0 Å². The van der Waals surface area contributed by atoms with Crippen molar-refractivity contribution in [3.8, 4) is 0 Å². The first kappa shape index (κ1) is 6.04. The summed E-state index contributed by atoms with van der Waals surface area (Å²) in [5, 5.41) is 0. The lowest BCUT2D eigenvalue weighted by Gasteiger charge is -2.38.